The van der Waals surface area contributed by atoms with Gasteiger partial charge in [-0.15, -0.1) is 0 Å². The number of aromatic nitrogens is 2. The van der Waals surface area contributed by atoms with Crippen LogP contribution in [0.1, 0.15) is 0 Å². The zero-order chi connectivity index (χ0) is 33.7. The third-order valence-corrected chi connectivity index (χ3v) is 9.93. The monoisotopic (exact) mass is 650 g/mol. The normalized spacial score (nSPS) is 11.5. The predicted molar refractivity (Wildman–Crippen MR) is 212 cm³/mol. The van der Waals surface area contributed by atoms with Crippen molar-refractivity contribution >= 4 is 43.5 Å². The maximum absolute atomic E-state index is 6.28. The molecular formula is C48H30N2O. The second-order valence-corrected chi connectivity index (χ2v) is 12.9. The lowest BCUT2D eigenvalue weighted by Gasteiger charge is -2.15. The van der Waals surface area contributed by atoms with Gasteiger partial charge in [0.25, 0.3) is 0 Å². The van der Waals surface area contributed by atoms with Crippen molar-refractivity contribution < 1.29 is 4.42 Å². The number of rotatable bonds is 5. The SMILES string of the molecule is c1ccc(-c2nc(-c3ccc(-c4ccccc4)c4ccccc34)cc(-c3ccc(-c4ccc5c(c4)oc4ccccc45)c4ccccc34)n2)cc1. The van der Waals surface area contributed by atoms with Crippen molar-refractivity contribution in [3.8, 4) is 56.2 Å². The molecule has 10 aromatic rings. The fraction of sp³-hybridized carbons (Fsp3) is 0. The standard InChI is InChI=1S/C48H30N2O/c1-3-13-31(14-4-1)34-25-27-40(38-19-9-7-17-36(34)38)44-30-45(50-48(49-44)32-15-5-2-6-16-32)41-28-26-35(37-18-8-10-20-39(37)41)33-23-24-43-42-21-11-12-22-46(42)51-47(43)29-33/h1-30H. The van der Waals surface area contributed by atoms with Crippen LogP contribution < -0.4 is 0 Å². The topological polar surface area (TPSA) is 38.9 Å². The van der Waals surface area contributed by atoms with Gasteiger partial charge in [0, 0.05) is 27.5 Å². The van der Waals surface area contributed by atoms with Gasteiger partial charge in [0.05, 0.1) is 11.4 Å². The number of furan rings is 1. The van der Waals surface area contributed by atoms with Crippen LogP contribution >= 0.6 is 0 Å². The highest BCUT2D eigenvalue weighted by molar-refractivity contribution is 6.09. The minimum absolute atomic E-state index is 0.697. The molecule has 10 rings (SSSR count). The summed E-state index contributed by atoms with van der Waals surface area (Å²) in [4.78, 5) is 10.5. The van der Waals surface area contributed by atoms with E-state index in [-0.39, 0.29) is 0 Å². The van der Waals surface area contributed by atoms with Gasteiger partial charge < -0.3 is 4.42 Å². The van der Waals surface area contributed by atoms with Gasteiger partial charge in [-0.25, -0.2) is 9.97 Å². The molecule has 51 heavy (non-hydrogen) atoms. The van der Waals surface area contributed by atoms with Gasteiger partial charge >= 0.3 is 0 Å². The molecule has 3 nitrogen and oxygen atoms in total. The van der Waals surface area contributed by atoms with Gasteiger partial charge in [0.1, 0.15) is 11.2 Å². The van der Waals surface area contributed by atoms with Crippen molar-refractivity contribution in [2.75, 3.05) is 0 Å². The summed E-state index contributed by atoms with van der Waals surface area (Å²) < 4.78 is 6.28. The zero-order valence-corrected chi connectivity index (χ0v) is 27.6. The maximum atomic E-state index is 6.28. The van der Waals surface area contributed by atoms with E-state index in [0.717, 1.165) is 77.3 Å². The lowest BCUT2D eigenvalue weighted by molar-refractivity contribution is 0.669. The Labute approximate surface area is 295 Å². The molecule has 0 aliphatic heterocycles. The predicted octanol–water partition coefficient (Wildman–Crippen LogP) is 13.0. The van der Waals surface area contributed by atoms with Crippen LogP contribution in [0, 0.1) is 0 Å². The number of nitrogens with zero attached hydrogens (tertiary/aromatic N) is 2. The van der Waals surface area contributed by atoms with Gasteiger partial charge in [-0.2, -0.15) is 0 Å². The summed E-state index contributed by atoms with van der Waals surface area (Å²) in [7, 11) is 0. The van der Waals surface area contributed by atoms with Gasteiger partial charge in [-0.3, -0.25) is 0 Å². The Morgan fingerprint density at radius 1 is 0.294 bits per heavy atom. The minimum Gasteiger partial charge on any atom is -0.456 e. The van der Waals surface area contributed by atoms with Crippen molar-refractivity contribution in [2.45, 2.75) is 0 Å². The first kappa shape index (κ1) is 29.1. The largest absolute Gasteiger partial charge is 0.456 e. The molecule has 8 aromatic carbocycles. The van der Waals surface area contributed by atoms with E-state index in [9.17, 15) is 0 Å². The molecule has 0 fully saturated rings. The summed E-state index contributed by atoms with van der Waals surface area (Å²) in [5.74, 6) is 0.697. The molecule has 238 valence electrons. The first-order valence-corrected chi connectivity index (χ1v) is 17.2. The number of fused-ring (bicyclic) bond motifs is 5. The molecule has 0 atom stereocenters. The molecule has 0 amide bonds. The summed E-state index contributed by atoms with van der Waals surface area (Å²) in [6, 6.07) is 63.8. The van der Waals surface area contributed by atoms with Crippen molar-refractivity contribution in [3.63, 3.8) is 0 Å². The maximum Gasteiger partial charge on any atom is 0.160 e. The Morgan fingerprint density at radius 3 is 1.35 bits per heavy atom. The average molecular weight is 651 g/mol. The molecule has 0 N–H and O–H groups in total. The molecule has 2 heterocycles. The summed E-state index contributed by atoms with van der Waals surface area (Å²) in [5, 5.41) is 6.90. The molecular weight excluding hydrogens is 621 g/mol. The van der Waals surface area contributed by atoms with E-state index < -0.39 is 0 Å². The molecule has 0 aliphatic rings. The van der Waals surface area contributed by atoms with E-state index in [1.807, 2.05) is 30.3 Å². The molecule has 0 aliphatic carbocycles. The first-order chi connectivity index (χ1) is 25.3. The van der Waals surface area contributed by atoms with Gasteiger partial charge in [0.15, 0.2) is 5.82 Å². The second kappa shape index (κ2) is 11.9. The summed E-state index contributed by atoms with van der Waals surface area (Å²) in [6.07, 6.45) is 0. The molecule has 0 spiro atoms. The van der Waals surface area contributed by atoms with Crippen molar-refractivity contribution in [1.82, 2.24) is 9.97 Å². The van der Waals surface area contributed by atoms with Crippen molar-refractivity contribution in [3.05, 3.63) is 182 Å². The molecule has 0 saturated heterocycles. The molecule has 0 bridgehead atoms. The molecule has 0 unspecified atom stereocenters. The van der Waals surface area contributed by atoms with Crippen LogP contribution in [0.2, 0.25) is 0 Å². The fourth-order valence-corrected chi connectivity index (χ4v) is 7.50. The molecule has 3 heteroatoms. The third-order valence-electron chi connectivity index (χ3n) is 9.93. The number of hydrogen-bond donors (Lipinski definition) is 0. The fourth-order valence-electron chi connectivity index (χ4n) is 7.50. The van der Waals surface area contributed by atoms with E-state index in [1.54, 1.807) is 0 Å². The van der Waals surface area contributed by atoms with Crippen LogP contribution in [-0.4, -0.2) is 9.97 Å². The van der Waals surface area contributed by atoms with Crippen LogP contribution in [0.15, 0.2) is 186 Å². The molecule has 2 aromatic heterocycles. The van der Waals surface area contributed by atoms with E-state index in [1.165, 1.54) is 16.5 Å². The molecule has 0 saturated carbocycles. The third kappa shape index (κ3) is 4.98. The van der Waals surface area contributed by atoms with Crippen LogP contribution in [0.3, 0.4) is 0 Å². The Hall–Kier alpha value is -6.84. The van der Waals surface area contributed by atoms with Gasteiger partial charge in [-0.05, 0) is 68.1 Å². The van der Waals surface area contributed by atoms with Crippen LogP contribution in [0.25, 0.3) is 99.6 Å². The number of para-hydroxylation sites is 1. The highest BCUT2D eigenvalue weighted by Gasteiger charge is 2.17. The smallest absolute Gasteiger partial charge is 0.160 e. The van der Waals surface area contributed by atoms with Crippen LogP contribution in [0.4, 0.5) is 0 Å². The van der Waals surface area contributed by atoms with Gasteiger partial charge in [0.2, 0.25) is 0 Å². The summed E-state index contributed by atoms with van der Waals surface area (Å²) >= 11 is 0. The van der Waals surface area contributed by atoms with E-state index in [0.29, 0.717) is 5.82 Å². The quantitative estimate of drug-likeness (QED) is 0.186. The highest BCUT2D eigenvalue weighted by atomic mass is 16.3. The lowest BCUT2D eigenvalue weighted by atomic mass is 9.92. The van der Waals surface area contributed by atoms with E-state index in [4.69, 9.17) is 14.4 Å². The number of hydrogen-bond acceptors (Lipinski definition) is 3. The Morgan fingerprint density at radius 2 is 0.745 bits per heavy atom. The second-order valence-electron chi connectivity index (χ2n) is 12.9. The summed E-state index contributed by atoms with van der Waals surface area (Å²) in [5.41, 5.74) is 11.3. The minimum atomic E-state index is 0.697. The van der Waals surface area contributed by atoms with E-state index >= 15 is 0 Å². The lowest BCUT2D eigenvalue weighted by Crippen LogP contribution is -1.97. The number of benzene rings is 8. The Balaban J connectivity index is 1.17. The van der Waals surface area contributed by atoms with Crippen molar-refractivity contribution in [2.24, 2.45) is 0 Å². The van der Waals surface area contributed by atoms with Gasteiger partial charge in [-0.1, -0.05) is 158 Å². The van der Waals surface area contributed by atoms with E-state index in [2.05, 4.69) is 152 Å². The summed E-state index contributed by atoms with van der Waals surface area (Å²) in [6.45, 7) is 0. The van der Waals surface area contributed by atoms with Crippen LogP contribution in [-0.2, 0) is 0 Å². The Kier molecular flexibility index (Phi) is 6.81. The first-order valence-electron chi connectivity index (χ1n) is 17.2. The van der Waals surface area contributed by atoms with Crippen molar-refractivity contribution in [1.29, 1.82) is 0 Å². The average Bonchev–Trinajstić information content (AvgIpc) is 3.58. The zero-order valence-electron chi connectivity index (χ0n) is 27.6. The molecule has 0 radical (unpaired) electrons. The highest BCUT2D eigenvalue weighted by Crippen LogP contribution is 2.40. The van der Waals surface area contributed by atoms with Crippen LogP contribution in [0.5, 0.6) is 0 Å². The Bertz CT molecular complexity index is 2910.